The summed E-state index contributed by atoms with van der Waals surface area (Å²) in [6.45, 7) is 3.28. The van der Waals surface area contributed by atoms with E-state index < -0.39 is 16.8 Å². The van der Waals surface area contributed by atoms with E-state index in [4.69, 9.17) is 9.47 Å². The number of allylic oxidation sites excluding steroid dienone is 1. The molecule has 0 amide bonds. The Morgan fingerprint density at radius 3 is 2.56 bits per heavy atom. The first-order chi connectivity index (χ1) is 16.5. The highest BCUT2D eigenvalue weighted by molar-refractivity contribution is 6.22. The fourth-order valence-corrected chi connectivity index (χ4v) is 4.96. The van der Waals surface area contributed by atoms with Crippen molar-refractivity contribution >= 4 is 23.2 Å². The van der Waals surface area contributed by atoms with Gasteiger partial charge in [-0.1, -0.05) is 36.4 Å². The molecule has 1 saturated heterocycles. The molecule has 1 unspecified atom stereocenters. The second kappa shape index (κ2) is 8.78. The Labute approximate surface area is 196 Å². The predicted molar refractivity (Wildman–Crippen MR) is 124 cm³/mol. The number of ether oxygens (including phenoxy) is 2. The zero-order valence-electron chi connectivity index (χ0n) is 18.8. The summed E-state index contributed by atoms with van der Waals surface area (Å²) in [5.41, 5.74) is 2.04. The highest BCUT2D eigenvalue weighted by Gasteiger charge is 2.47. The number of non-ortho nitro benzene ring substituents is 1. The van der Waals surface area contributed by atoms with Crippen LogP contribution in [0.2, 0.25) is 0 Å². The van der Waals surface area contributed by atoms with Gasteiger partial charge >= 0.3 is 5.97 Å². The first kappa shape index (κ1) is 21.9. The topological polar surface area (TPSA) is 99.0 Å². The van der Waals surface area contributed by atoms with Gasteiger partial charge in [0.2, 0.25) is 5.88 Å². The molecule has 8 nitrogen and oxygen atoms in total. The molecule has 2 aromatic carbocycles. The molecule has 0 spiro atoms. The summed E-state index contributed by atoms with van der Waals surface area (Å²) in [6, 6.07) is 13.3. The fourth-order valence-electron chi connectivity index (χ4n) is 4.96. The SMILES string of the molecule is CCOC(=O)C1=C(N2CCCCC2)OC2=C(C(=O)c3ccccc32)C1c1cccc([N+](=O)[O-])c1. The van der Waals surface area contributed by atoms with Crippen molar-refractivity contribution in [3.8, 4) is 0 Å². The van der Waals surface area contributed by atoms with E-state index in [0.717, 1.165) is 19.3 Å². The number of hydrogen-bond acceptors (Lipinski definition) is 7. The number of rotatable bonds is 5. The molecule has 0 bridgehead atoms. The number of Topliss-reactive ketones (excluding diaryl/α,β-unsaturated/α-hetero) is 1. The van der Waals surface area contributed by atoms with Crippen LogP contribution in [0.15, 0.2) is 65.6 Å². The van der Waals surface area contributed by atoms with Crippen molar-refractivity contribution < 1.29 is 24.0 Å². The van der Waals surface area contributed by atoms with Crippen LogP contribution in [0.1, 0.15) is 53.6 Å². The van der Waals surface area contributed by atoms with Crippen LogP contribution < -0.4 is 0 Å². The Balaban J connectivity index is 1.76. The van der Waals surface area contributed by atoms with Gasteiger partial charge in [0.15, 0.2) is 5.78 Å². The zero-order chi connectivity index (χ0) is 23.8. The molecule has 8 heteroatoms. The minimum atomic E-state index is -0.848. The lowest BCUT2D eigenvalue weighted by atomic mass is 9.81. The lowest BCUT2D eigenvalue weighted by Crippen LogP contribution is -2.36. The molecule has 2 aliphatic heterocycles. The minimum Gasteiger partial charge on any atom is -0.462 e. The first-order valence-electron chi connectivity index (χ1n) is 11.5. The van der Waals surface area contributed by atoms with Crippen molar-refractivity contribution in [3.63, 3.8) is 0 Å². The van der Waals surface area contributed by atoms with Crippen molar-refractivity contribution in [1.29, 1.82) is 0 Å². The molecule has 0 radical (unpaired) electrons. The van der Waals surface area contributed by atoms with Crippen LogP contribution in [-0.2, 0) is 14.3 Å². The molecule has 3 aliphatic rings. The third-order valence-electron chi connectivity index (χ3n) is 6.47. The smallest absolute Gasteiger partial charge is 0.340 e. The summed E-state index contributed by atoms with van der Waals surface area (Å²) >= 11 is 0. The summed E-state index contributed by atoms with van der Waals surface area (Å²) in [4.78, 5) is 40.0. The number of esters is 1. The molecule has 0 aromatic heterocycles. The van der Waals surface area contributed by atoms with Crippen LogP contribution in [0.25, 0.3) is 5.76 Å². The van der Waals surface area contributed by atoms with Gasteiger partial charge in [-0.25, -0.2) is 4.79 Å². The van der Waals surface area contributed by atoms with Crippen molar-refractivity contribution in [2.24, 2.45) is 0 Å². The summed E-state index contributed by atoms with van der Waals surface area (Å²) in [7, 11) is 0. The Bertz CT molecular complexity index is 1260. The molecule has 5 rings (SSSR count). The van der Waals surface area contributed by atoms with Crippen molar-refractivity contribution in [2.75, 3.05) is 19.7 Å². The van der Waals surface area contributed by atoms with Gasteiger partial charge in [0.1, 0.15) is 11.3 Å². The maximum Gasteiger partial charge on any atom is 0.340 e. The number of carbonyl (C=O) groups is 2. The fraction of sp³-hybridized carbons (Fsp3) is 0.308. The lowest BCUT2D eigenvalue weighted by molar-refractivity contribution is -0.384. The third-order valence-corrected chi connectivity index (χ3v) is 6.47. The number of piperidine rings is 1. The number of nitro groups is 1. The van der Waals surface area contributed by atoms with Gasteiger partial charge in [-0.3, -0.25) is 14.9 Å². The maximum absolute atomic E-state index is 13.6. The van der Waals surface area contributed by atoms with Gasteiger partial charge in [0.25, 0.3) is 5.69 Å². The van der Waals surface area contributed by atoms with E-state index in [0.29, 0.717) is 47.0 Å². The highest BCUT2D eigenvalue weighted by Crippen LogP contribution is 2.50. The monoisotopic (exact) mass is 460 g/mol. The average molecular weight is 460 g/mol. The Morgan fingerprint density at radius 2 is 1.85 bits per heavy atom. The number of hydrogen-bond donors (Lipinski definition) is 0. The molecule has 2 aromatic rings. The molecular formula is C26H24N2O6. The molecule has 0 N–H and O–H groups in total. The standard InChI is InChI=1S/C26H24N2O6/c1-2-33-26(30)22-20(16-9-8-10-17(15-16)28(31)32)21-23(29)18-11-4-5-12-19(18)24(21)34-25(22)27-13-6-3-7-14-27/h4-5,8-12,15,20H,2-3,6-7,13-14H2,1H3. The second-order valence-corrected chi connectivity index (χ2v) is 8.49. The number of nitrogens with zero attached hydrogens (tertiary/aromatic N) is 2. The van der Waals surface area contributed by atoms with Gasteiger partial charge in [-0.15, -0.1) is 0 Å². The minimum absolute atomic E-state index is 0.114. The van der Waals surface area contributed by atoms with Crippen molar-refractivity contribution in [2.45, 2.75) is 32.1 Å². The Hall–Kier alpha value is -3.94. The third kappa shape index (κ3) is 3.55. The molecular weight excluding hydrogens is 436 g/mol. The van der Waals surface area contributed by atoms with Gasteiger partial charge in [0.05, 0.1) is 23.0 Å². The number of benzene rings is 2. The van der Waals surface area contributed by atoms with E-state index in [1.165, 1.54) is 12.1 Å². The van der Waals surface area contributed by atoms with Gasteiger partial charge in [-0.05, 0) is 31.7 Å². The van der Waals surface area contributed by atoms with E-state index in [1.807, 2.05) is 17.0 Å². The highest BCUT2D eigenvalue weighted by atomic mass is 16.6. The number of fused-ring (bicyclic) bond motifs is 2. The molecule has 0 saturated carbocycles. The molecule has 2 heterocycles. The number of nitro benzene ring substituents is 1. The number of carbonyl (C=O) groups excluding carboxylic acids is 2. The predicted octanol–water partition coefficient (Wildman–Crippen LogP) is 4.58. The Morgan fingerprint density at radius 1 is 1.12 bits per heavy atom. The largest absolute Gasteiger partial charge is 0.462 e. The number of ketones is 1. The van der Waals surface area contributed by atoms with Crippen molar-refractivity contribution in [1.82, 2.24) is 4.90 Å². The summed E-state index contributed by atoms with van der Waals surface area (Å²) in [6.07, 6.45) is 2.99. The average Bonchev–Trinajstić information content (AvgIpc) is 3.15. The van der Waals surface area contributed by atoms with E-state index in [1.54, 1.807) is 31.2 Å². The van der Waals surface area contributed by atoms with Crippen LogP contribution in [0.3, 0.4) is 0 Å². The zero-order valence-corrected chi connectivity index (χ0v) is 18.8. The van der Waals surface area contributed by atoms with E-state index in [2.05, 4.69) is 0 Å². The molecule has 1 aliphatic carbocycles. The molecule has 34 heavy (non-hydrogen) atoms. The van der Waals surface area contributed by atoms with Crippen LogP contribution in [0.5, 0.6) is 0 Å². The van der Waals surface area contributed by atoms with Crippen LogP contribution in [0, 0.1) is 10.1 Å². The van der Waals surface area contributed by atoms with Crippen LogP contribution in [-0.4, -0.2) is 41.3 Å². The molecule has 1 atom stereocenters. The summed E-state index contributed by atoms with van der Waals surface area (Å²) < 4.78 is 11.8. The van der Waals surface area contributed by atoms with E-state index in [9.17, 15) is 19.7 Å². The normalized spacial score (nSPS) is 19.5. The van der Waals surface area contributed by atoms with E-state index in [-0.39, 0.29) is 23.7 Å². The van der Waals surface area contributed by atoms with Gasteiger partial charge in [0, 0.05) is 36.3 Å². The number of likely N-dealkylation sites (tertiary alicyclic amines) is 1. The van der Waals surface area contributed by atoms with Crippen molar-refractivity contribution in [3.05, 3.63) is 92.4 Å². The van der Waals surface area contributed by atoms with Gasteiger partial charge in [-0.2, -0.15) is 0 Å². The summed E-state index contributed by atoms with van der Waals surface area (Å²) in [5.74, 6) is -0.903. The quantitative estimate of drug-likeness (QED) is 0.366. The molecule has 1 fully saturated rings. The second-order valence-electron chi connectivity index (χ2n) is 8.49. The maximum atomic E-state index is 13.6. The Kier molecular flexibility index (Phi) is 5.65. The lowest BCUT2D eigenvalue weighted by Gasteiger charge is -2.36. The van der Waals surface area contributed by atoms with Crippen LogP contribution in [0.4, 0.5) is 5.69 Å². The molecule has 174 valence electrons. The van der Waals surface area contributed by atoms with E-state index >= 15 is 0 Å². The van der Waals surface area contributed by atoms with Gasteiger partial charge < -0.3 is 14.4 Å². The summed E-state index contributed by atoms with van der Waals surface area (Å²) in [5, 5.41) is 11.5. The van der Waals surface area contributed by atoms with Crippen LogP contribution >= 0.6 is 0 Å². The first-order valence-corrected chi connectivity index (χ1v) is 11.5.